The van der Waals surface area contributed by atoms with Crippen LogP contribution in [0.25, 0.3) is 22.4 Å². The van der Waals surface area contributed by atoms with Crippen LogP contribution in [0.3, 0.4) is 0 Å². The molecule has 3 aromatic rings. The molecule has 0 fully saturated rings. The molecule has 21 heavy (non-hydrogen) atoms. The van der Waals surface area contributed by atoms with Crippen LogP contribution in [0, 0.1) is 5.82 Å². The van der Waals surface area contributed by atoms with Crippen LogP contribution in [0.15, 0.2) is 40.9 Å². The van der Waals surface area contributed by atoms with Crippen LogP contribution in [0.2, 0.25) is 0 Å². The van der Waals surface area contributed by atoms with Gasteiger partial charge in [0, 0.05) is 22.3 Å². The lowest BCUT2D eigenvalue weighted by atomic mass is 10.1. The number of fused-ring (bicyclic) bond motifs is 1. The molecule has 0 radical (unpaired) electrons. The lowest BCUT2D eigenvalue weighted by Gasteiger charge is -2.10. The molecule has 0 aliphatic rings. The SMILES string of the molecule is CCCn1c(-c2cc(Br)ccc2N)nc2c(F)cccc21. The maximum atomic E-state index is 14.0. The summed E-state index contributed by atoms with van der Waals surface area (Å²) in [6, 6.07) is 10.6. The van der Waals surface area contributed by atoms with E-state index in [-0.39, 0.29) is 5.82 Å². The third kappa shape index (κ3) is 2.42. The molecule has 3 rings (SSSR count). The Morgan fingerprint density at radius 3 is 2.86 bits per heavy atom. The van der Waals surface area contributed by atoms with Crippen molar-refractivity contribution in [2.75, 3.05) is 5.73 Å². The summed E-state index contributed by atoms with van der Waals surface area (Å²) >= 11 is 3.45. The van der Waals surface area contributed by atoms with E-state index in [1.54, 1.807) is 6.07 Å². The standard InChI is InChI=1S/C16H15BrFN3/c1-2-8-21-14-5-3-4-12(18)15(14)20-16(21)11-9-10(17)6-7-13(11)19/h3-7,9H,2,8,19H2,1H3. The number of anilines is 1. The number of halogens is 2. The van der Waals surface area contributed by atoms with Crippen LogP contribution in [0.4, 0.5) is 10.1 Å². The minimum Gasteiger partial charge on any atom is -0.398 e. The number of benzene rings is 2. The van der Waals surface area contributed by atoms with Crippen LogP contribution < -0.4 is 5.73 Å². The van der Waals surface area contributed by atoms with Crippen LogP contribution in [-0.4, -0.2) is 9.55 Å². The molecule has 0 saturated carbocycles. The Hall–Kier alpha value is -1.88. The molecule has 2 N–H and O–H groups in total. The third-order valence-corrected chi connectivity index (χ3v) is 3.93. The summed E-state index contributed by atoms with van der Waals surface area (Å²) in [6.07, 6.45) is 0.933. The first-order chi connectivity index (χ1) is 10.1. The van der Waals surface area contributed by atoms with E-state index in [9.17, 15) is 4.39 Å². The van der Waals surface area contributed by atoms with Crippen molar-refractivity contribution in [2.24, 2.45) is 0 Å². The van der Waals surface area contributed by atoms with Gasteiger partial charge in [0.05, 0.1) is 5.52 Å². The van der Waals surface area contributed by atoms with Crippen LogP contribution >= 0.6 is 15.9 Å². The number of para-hydroxylation sites is 1. The van der Waals surface area contributed by atoms with Crippen molar-refractivity contribution in [3.05, 3.63) is 46.7 Å². The summed E-state index contributed by atoms with van der Waals surface area (Å²) in [5, 5.41) is 0. The smallest absolute Gasteiger partial charge is 0.151 e. The number of nitrogens with two attached hydrogens (primary N) is 1. The Bertz CT molecular complexity index is 811. The molecular weight excluding hydrogens is 333 g/mol. The van der Waals surface area contributed by atoms with E-state index < -0.39 is 0 Å². The lowest BCUT2D eigenvalue weighted by molar-refractivity contribution is 0.637. The average Bonchev–Trinajstić information content (AvgIpc) is 2.82. The average molecular weight is 348 g/mol. The minimum absolute atomic E-state index is 0.308. The Balaban J connectivity index is 2.33. The number of aryl methyl sites for hydroxylation is 1. The number of rotatable bonds is 3. The fourth-order valence-corrected chi connectivity index (χ4v) is 2.85. The van der Waals surface area contributed by atoms with E-state index in [0.29, 0.717) is 17.0 Å². The van der Waals surface area contributed by atoms with Crippen LogP contribution in [-0.2, 0) is 6.54 Å². The summed E-state index contributed by atoms with van der Waals surface area (Å²) < 4.78 is 16.9. The van der Waals surface area contributed by atoms with Gasteiger partial charge < -0.3 is 10.3 Å². The van der Waals surface area contributed by atoms with Gasteiger partial charge in [-0.2, -0.15) is 0 Å². The zero-order valence-electron chi connectivity index (χ0n) is 11.6. The van der Waals surface area contributed by atoms with Crippen molar-refractivity contribution >= 4 is 32.7 Å². The Morgan fingerprint density at radius 2 is 2.10 bits per heavy atom. The highest BCUT2D eigenvalue weighted by atomic mass is 79.9. The highest BCUT2D eigenvalue weighted by Gasteiger charge is 2.16. The van der Waals surface area contributed by atoms with Gasteiger partial charge in [0.2, 0.25) is 0 Å². The monoisotopic (exact) mass is 347 g/mol. The quantitative estimate of drug-likeness (QED) is 0.703. The van der Waals surface area contributed by atoms with E-state index in [1.807, 2.05) is 28.8 Å². The van der Waals surface area contributed by atoms with E-state index in [2.05, 4.69) is 27.8 Å². The van der Waals surface area contributed by atoms with Crippen LogP contribution in [0.1, 0.15) is 13.3 Å². The molecule has 0 spiro atoms. The van der Waals surface area contributed by atoms with Gasteiger partial charge in [0.15, 0.2) is 5.82 Å². The second-order valence-electron chi connectivity index (χ2n) is 4.93. The molecule has 0 saturated heterocycles. The predicted molar refractivity (Wildman–Crippen MR) is 87.5 cm³/mol. The number of hydrogen-bond donors (Lipinski definition) is 1. The predicted octanol–water partition coefficient (Wildman–Crippen LogP) is 4.60. The number of nitrogens with zero attached hydrogens (tertiary/aromatic N) is 2. The second kappa shape index (κ2) is 5.48. The van der Waals surface area contributed by atoms with Gasteiger partial charge >= 0.3 is 0 Å². The molecule has 0 aliphatic carbocycles. The zero-order valence-corrected chi connectivity index (χ0v) is 13.2. The van der Waals surface area contributed by atoms with E-state index >= 15 is 0 Å². The number of imidazole rings is 1. The van der Waals surface area contributed by atoms with Gasteiger partial charge in [-0.3, -0.25) is 0 Å². The molecular formula is C16H15BrFN3. The normalized spacial score (nSPS) is 11.2. The molecule has 0 aliphatic heterocycles. The maximum Gasteiger partial charge on any atom is 0.151 e. The molecule has 108 valence electrons. The Labute approximate surface area is 130 Å². The van der Waals surface area contributed by atoms with E-state index in [1.165, 1.54) is 6.07 Å². The molecule has 1 aromatic heterocycles. The minimum atomic E-state index is -0.308. The van der Waals surface area contributed by atoms with Gasteiger partial charge in [-0.05, 0) is 36.8 Å². The maximum absolute atomic E-state index is 14.0. The van der Waals surface area contributed by atoms with Crippen molar-refractivity contribution in [1.82, 2.24) is 9.55 Å². The summed E-state index contributed by atoms with van der Waals surface area (Å²) in [5.74, 6) is 0.396. The molecule has 0 unspecified atom stereocenters. The molecule has 5 heteroatoms. The van der Waals surface area contributed by atoms with Crippen molar-refractivity contribution in [3.63, 3.8) is 0 Å². The summed E-state index contributed by atoms with van der Waals surface area (Å²) in [4.78, 5) is 4.49. The number of hydrogen-bond acceptors (Lipinski definition) is 2. The lowest BCUT2D eigenvalue weighted by Crippen LogP contribution is -2.01. The molecule has 3 nitrogen and oxygen atoms in total. The molecule has 0 bridgehead atoms. The Kier molecular flexibility index (Phi) is 3.68. The summed E-state index contributed by atoms with van der Waals surface area (Å²) in [7, 11) is 0. The molecule has 0 atom stereocenters. The van der Waals surface area contributed by atoms with Gasteiger partial charge in [0.25, 0.3) is 0 Å². The van der Waals surface area contributed by atoms with Gasteiger partial charge in [-0.25, -0.2) is 9.37 Å². The largest absolute Gasteiger partial charge is 0.398 e. The highest BCUT2D eigenvalue weighted by Crippen LogP contribution is 2.32. The third-order valence-electron chi connectivity index (χ3n) is 3.43. The van der Waals surface area contributed by atoms with Crippen molar-refractivity contribution in [1.29, 1.82) is 0 Å². The van der Waals surface area contributed by atoms with Gasteiger partial charge in [0.1, 0.15) is 11.3 Å². The summed E-state index contributed by atoms with van der Waals surface area (Å²) in [6.45, 7) is 2.85. The number of nitrogen functional groups attached to an aromatic ring is 1. The van der Waals surface area contributed by atoms with Crippen molar-refractivity contribution in [3.8, 4) is 11.4 Å². The van der Waals surface area contributed by atoms with E-state index in [0.717, 1.165) is 28.5 Å². The van der Waals surface area contributed by atoms with Gasteiger partial charge in [-0.1, -0.05) is 28.9 Å². The fraction of sp³-hybridized carbons (Fsp3) is 0.188. The first-order valence-corrected chi connectivity index (χ1v) is 7.61. The van der Waals surface area contributed by atoms with Crippen molar-refractivity contribution in [2.45, 2.75) is 19.9 Å². The zero-order chi connectivity index (χ0) is 15.0. The summed E-state index contributed by atoms with van der Waals surface area (Å²) in [5.41, 5.74) is 8.71. The topological polar surface area (TPSA) is 43.8 Å². The van der Waals surface area contributed by atoms with Gasteiger partial charge in [-0.15, -0.1) is 0 Å². The second-order valence-corrected chi connectivity index (χ2v) is 5.84. The molecule has 0 amide bonds. The van der Waals surface area contributed by atoms with Crippen molar-refractivity contribution < 1.29 is 4.39 Å². The van der Waals surface area contributed by atoms with Crippen LogP contribution in [0.5, 0.6) is 0 Å². The highest BCUT2D eigenvalue weighted by molar-refractivity contribution is 9.10. The molecule has 2 aromatic carbocycles. The molecule has 1 heterocycles. The van der Waals surface area contributed by atoms with E-state index in [4.69, 9.17) is 5.73 Å². The number of aromatic nitrogens is 2. The fourth-order valence-electron chi connectivity index (χ4n) is 2.49. The first kappa shape index (κ1) is 14.1. The first-order valence-electron chi connectivity index (χ1n) is 6.82. The Morgan fingerprint density at radius 1 is 1.29 bits per heavy atom.